The molecule has 11 heavy (non-hydrogen) atoms. The predicted octanol–water partition coefficient (Wildman–Crippen LogP) is 0.174. The van der Waals surface area contributed by atoms with Gasteiger partial charge in [0.25, 0.3) is 0 Å². The first-order chi connectivity index (χ1) is 5.22. The second-order valence-corrected chi connectivity index (χ2v) is 2.42. The number of hydrogen-bond donors (Lipinski definition) is 1. The Kier molecular flexibility index (Phi) is 0.938. The Labute approximate surface area is 62.1 Å². The number of rotatable bonds is 1. The van der Waals surface area contributed by atoms with E-state index in [9.17, 15) is 9.59 Å². The van der Waals surface area contributed by atoms with Gasteiger partial charge in [0.05, 0.1) is 5.56 Å². The highest BCUT2D eigenvalue weighted by molar-refractivity contribution is 6.13. The summed E-state index contributed by atoms with van der Waals surface area (Å²) in [5, 5.41) is 1.13. The number of amides is 1. The SMILES string of the molecule is NC(=O)c1cccc2c(=O)c12. The highest BCUT2D eigenvalue weighted by atomic mass is 16.1. The summed E-state index contributed by atoms with van der Waals surface area (Å²) in [5.74, 6) is -0.535. The molecule has 0 unspecified atom stereocenters. The van der Waals surface area contributed by atoms with Crippen molar-refractivity contribution >= 4 is 16.7 Å². The Balaban J connectivity index is 2.79. The molecule has 2 aromatic carbocycles. The van der Waals surface area contributed by atoms with E-state index < -0.39 is 5.91 Å². The number of carbonyl (C=O) groups is 1. The van der Waals surface area contributed by atoms with Gasteiger partial charge in [0.2, 0.25) is 5.91 Å². The van der Waals surface area contributed by atoms with Crippen LogP contribution in [0.5, 0.6) is 0 Å². The van der Waals surface area contributed by atoms with E-state index in [0.717, 1.165) is 0 Å². The summed E-state index contributed by atoms with van der Waals surface area (Å²) >= 11 is 0. The van der Waals surface area contributed by atoms with Crippen molar-refractivity contribution in [2.75, 3.05) is 0 Å². The van der Waals surface area contributed by atoms with E-state index in [1.54, 1.807) is 18.2 Å². The largest absolute Gasteiger partial charge is 0.366 e. The van der Waals surface area contributed by atoms with Gasteiger partial charge in [0.15, 0.2) is 5.43 Å². The quantitative estimate of drug-likeness (QED) is 0.625. The minimum Gasteiger partial charge on any atom is -0.366 e. The van der Waals surface area contributed by atoms with Gasteiger partial charge in [-0.2, -0.15) is 0 Å². The van der Waals surface area contributed by atoms with Crippen molar-refractivity contribution in [1.82, 2.24) is 0 Å². The summed E-state index contributed by atoms with van der Waals surface area (Å²) in [4.78, 5) is 21.5. The zero-order valence-corrected chi connectivity index (χ0v) is 5.63. The van der Waals surface area contributed by atoms with Crippen molar-refractivity contribution in [2.45, 2.75) is 0 Å². The van der Waals surface area contributed by atoms with E-state index in [1.165, 1.54) is 0 Å². The molecule has 0 fully saturated rings. The molecule has 0 saturated heterocycles. The van der Waals surface area contributed by atoms with Crippen LogP contribution in [0.3, 0.4) is 0 Å². The first kappa shape index (κ1) is 6.09. The van der Waals surface area contributed by atoms with Crippen LogP contribution in [0.25, 0.3) is 10.8 Å². The molecule has 0 aliphatic heterocycles. The maximum absolute atomic E-state index is 10.9. The lowest BCUT2D eigenvalue weighted by Crippen LogP contribution is -2.10. The average molecular weight is 147 g/mol. The van der Waals surface area contributed by atoms with Crippen LogP contribution < -0.4 is 11.2 Å². The number of fused-ring (bicyclic) bond motifs is 1. The molecule has 3 nitrogen and oxygen atoms in total. The first-order valence-electron chi connectivity index (χ1n) is 3.19. The van der Waals surface area contributed by atoms with Crippen LogP contribution in [0.15, 0.2) is 23.0 Å². The van der Waals surface area contributed by atoms with Crippen molar-refractivity contribution < 1.29 is 4.79 Å². The summed E-state index contributed by atoms with van der Waals surface area (Å²) in [6, 6.07) is 4.90. The summed E-state index contributed by atoms with van der Waals surface area (Å²) in [5.41, 5.74) is 5.31. The van der Waals surface area contributed by atoms with E-state index >= 15 is 0 Å². The van der Waals surface area contributed by atoms with Gasteiger partial charge in [-0.1, -0.05) is 12.1 Å². The lowest BCUT2D eigenvalue weighted by molar-refractivity contribution is 0.100. The van der Waals surface area contributed by atoms with Crippen LogP contribution in [-0.4, -0.2) is 5.91 Å². The Hall–Kier alpha value is -1.64. The Morgan fingerprint density at radius 3 is 2.64 bits per heavy atom. The molecular formula is C8H5NO2. The topological polar surface area (TPSA) is 60.2 Å². The lowest BCUT2D eigenvalue weighted by Gasteiger charge is -1.87. The molecule has 2 aromatic rings. The summed E-state index contributed by atoms with van der Waals surface area (Å²) in [6.45, 7) is 0. The van der Waals surface area contributed by atoms with Crippen LogP contribution in [0.4, 0.5) is 0 Å². The smallest absolute Gasteiger partial charge is 0.249 e. The maximum atomic E-state index is 10.9. The molecule has 0 radical (unpaired) electrons. The molecule has 0 saturated carbocycles. The van der Waals surface area contributed by atoms with Crippen molar-refractivity contribution in [3.63, 3.8) is 0 Å². The number of benzene rings is 1. The number of primary amides is 1. The molecule has 54 valence electrons. The van der Waals surface area contributed by atoms with Crippen LogP contribution in [-0.2, 0) is 0 Å². The lowest BCUT2D eigenvalue weighted by atomic mass is 10.2. The van der Waals surface area contributed by atoms with Crippen LogP contribution in [0, 0.1) is 0 Å². The minimum atomic E-state index is -0.535. The second kappa shape index (κ2) is 1.69. The van der Waals surface area contributed by atoms with Crippen LogP contribution in [0.1, 0.15) is 10.4 Å². The fourth-order valence-corrected chi connectivity index (χ4v) is 1.14. The third-order valence-corrected chi connectivity index (χ3v) is 1.74. The average Bonchev–Trinajstić information content (AvgIpc) is 2.63. The predicted molar refractivity (Wildman–Crippen MR) is 41.1 cm³/mol. The molecular weight excluding hydrogens is 142 g/mol. The molecule has 0 aliphatic rings. The van der Waals surface area contributed by atoms with Gasteiger partial charge in [-0.15, -0.1) is 0 Å². The second-order valence-electron chi connectivity index (χ2n) is 2.42. The van der Waals surface area contributed by atoms with Crippen molar-refractivity contribution in [3.8, 4) is 0 Å². The normalized spacial score (nSPS) is 10.9. The fraction of sp³-hybridized carbons (Fsp3) is 0. The maximum Gasteiger partial charge on any atom is 0.249 e. The zero-order valence-electron chi connectivity index (χ0n) is 5.63. The monoisotopic (exact) mass is 147 g/mol. The Morgan fingerprint density at radius 1 is 1.36 bits per heavy atom. The molecule has 0 heterocycles. The van der Waals surface area contributed by atoms with Gasteiger partial charge in [-0.25, -0.2) is 0 Å². The molecule has 2 rings (SSSR count). The molecule has 0 bridgehead atoms. The Morgan fingerprint density at radius 2 is 2.09 bits per heavy atom. The van der Waals surface area contributed by atoms with Crippen LogP contribution in [0.2, 0.25) is 0 Å². The van der Waals surface area contributed by atoms with Crippen molar-refractivity contribution in [3.05, 3.63) is 34.0 Å². The van der Waals surface area contributed by atoms with Crippen molar-refractivity contribution in [1.29, 1.82) is 0 Å². The molecule has 0 aliphatic carbocycles. The van der Waals surface area contributed by atoms with E-state index in [4.69, 9.17) is 5.73 Å². The minimum absolute atomic E-state index is 0.0520. The molecule has 0 spiro atoms. The van der Waals surface area contributed by atoms with E-state index in [1.807, 2.05) is 0 Å². The van der Waals surface area contributed by atoms with E-state index in [2.05, 4.69) is 0 Å². The Bertz CT molecular complexity index is 449. The highest BCUT2D eigenvalue weighted by Crippen LogP contribution is 2.18. The number of nitrogens with two attached hydrogens (primary N) is 1. The standard InChI is InChI=1S/C8H5NO2/c9-8(11)5-3-1-2-4-6(5)7(4)10/h1-3H,(H2,9,11). The van der Waals surface area contributed by atoms with E-state index in [0.29, 0.717) is 16.3 Å². The van der Waals surface area contributed by atoms with Gasteiger partial charge in [-0.3, -0.25) is 9.59 Å². The number of carbonyl (C=O) groups excluding carboxylic acids is 1. The third-order valence-electron chi connectivity index (χ3n) is 1.74. The van der Waals surface area contributed by atoms with Gasteiger partial charge < -0.3 is 5.73 Å². The first-order valence-corrected chi connectivity index (χ1v) is 3.19. The molecule has 0 atom stereocenters. The van der Waals surface area contributed by atoms with Crippen LogP contribution >= 0.6 is 0 Å². The molecule has 2 N–H and O–H groups in total. The molecule has 0 aromatic heterocycles. The fourth-order valence-electron chi connectivity index (χ4n) is 1.14. The molecule has 3 heteroatoms. The summed E-state index contributed by atoms with van der Waals surface area (Å²) in [7, 11) is 0. The van der Waals surface area contributed by atoms with Gasteiger partial charge in [0, 0.05) is 10.8 Å². The third kappa shape index (κ3) is 0.676. The van der Waals surface area contributed by atoms with E-state index in [-0.39, 0.29) is 5.43 Å². The highest BCUT2D eigenvalue weighted by Gasteiger charge is 2.18. The summed E-state index contributed by atoms with van der Waals surface area (Å²) < 4.78 is 0. The zero-order chi connectivity index (χ0) is 8.01. The van der Waals surface area contributed by atoms with Gasteiger partial charge in [0.1, 0.15) is 0 Å². The summed E-state index contributed by atoms with van der Waals surface area (Å²) in [6.07, 6.45) is 0. The molecule has 1 amide bonds. The van der Waals surface area contributed by atoms with Gasteiger partial charge >= 0.3 is 0 Å². The number of hydrogen-bond acceptors (Lipinski definition) is 2. The van der Waals surface area contributed by atoms with Gasteiger partial charge in [-0.05, 0) is 6.07 Å². The van der Waals surface area contributed by atoms with Crippen molar-refractivity contribution in [2.24, 2.45) is 5.73 Å².